The molecule has 4 unspecified atom stereocenters. The van der Waals surface area contributed by atoms with Crippen LogP contribution in [0.4, 0.5) is 26.3 Å². The molecule has 0 bridgehead atoms. The van der Waals surface area contributed by atoms with Gasteiger partial charge in [-0.2, -0.15) is 26.3 Å². The van der Waals surface area contributed by atoms with Crippen molar-refractivity contribution in [1.82, 2.24) is 14.7 Å². The van der Waals surface area contributed by atoms with E-state index in [2.05, 4.69) is 0 Å². The maximum atomic E-state index is 14.5. The SMILES string of the molecule is C[C@@H]1CCN2C(=O)C3CN(C)CCC3C(c3ccc(S(C)(=O)=O)cc3)C2C(=O)N(Cc2cc(C(F)(F)F)cc(C(F)(F)F)c2)C1. The summed E-state index contributed by atoms with van der Waals surface area (Å²) >= 11 is 0. The van der Waals surface area contributed by atoms with Crippen LogP contribution in [0, 0.1) is 17.8 Å². The minimum atomic E-state index is -5.04. The third-order valence-corrected chi connectivity index (χ3v) is 10.4. The minimum Gasteiger partial charge on any atom is -0.336 e. The van der Waals surface area contributed by atoms with E-state index in [9.17, 15) is 44.3 Å². The summed E-state index contributed by atoms with van der Waals surface area (Å²) in [7, 11) is -1.62. The fourth-order valence-electron chi connectivity index (χ4n) is 7.08. The lowest BCUT2D eigenvalue weighted by Crippen LogP contribution is -2.65. The topological polar surface area (TPSA) is 78.0 Å². The standard InChI is InChI=1S/C31H35F6N3O4S/c1-18-8-11-40-27(29(42)39(15-18)16-19-12-21(30(32,33)34)14-22(13-19)31(35,36)37)26(20-4-6-23(7-5-20)45(3,43)44)24-9-10-38(2)17-25(24)28(40)41/h4-7,12-14,18,24-27H,8-11,15-17H2,1-3H3/t18-,24?,25?,26?,27?/m1/s1. The molecule has 0 aromatic heterocycles. The Morgan fingerprint density at radius 2 is 1.44 bits per heavy atom. The molecule has 3 heterocycles. The van der Waals surface area contributed by atoms with Crippen LogP contribution in [0.2, 0.25) is 0 Å². The number of fused-ring (bicyclic) bond motifs is 2. The van der Waals surface area contributed by atoms with E-state index in [0.717, 1.165) is 6.26 Å². The van der Waals surface area contributed by atoms with Crippen molar-refractivity contribution in [2.24, 2.45) is 17.8 Å². The van der Waals surface area contributed by atoms with Gasteiger partial charge in [0, 0.05) is 38.4 Å². The molecule has 0 N–H and O–H groups in total. The fraction of sp³-hybridized carbons (Fsp3) is 0.548. The minimum absolute atomic E-state index is 0.0549. The predicted octanol–water partition coefficient (Wildman–Crippen LogP) is 5.06. The number of hydrogen-bond acceptors (Lipinski definition) is 5. The summed E-state index contributed by atoms with van der Waals surface area (Å²) in [5.41, 5.74) is -2.61. The third-order valence-electron chi connectivity index (χ3n) is 9.28. The Kier molecular flexibility index (Phi) is 8.79. The molecule has 0 radical (unpaired) electrons. The highest BCUT2D eigenvalue weighted by molar-refractivity contribution is 7.90. The molecule has 0 saturated carbocycles. The summed E-state index contributed by atoms with van der Waals surface area (Å²) in [6.07, 6.45) is -7.96. The van der Waals surface area contributed by atoms with Gasteiger partial charge in [0.15, 0.2) is 9.84 Å². The average molecular weight is 660 g/mol. The van der Waals surface area contributed by atoms with Crippen LogP contribution in [-0.4, -0.2) is 80.5 Å². The van der Waals surface area contributed by atoms with Crippen molar-refractivity contribution >= 4 is 21.7 Å². The number of benzene rings is 2. The highest BCUT2D eigenvalue weighted by Crippen LogP contribution is 2.46. The van der Waals surface area contributed by atoms with Gasteiger partial charge in [-0.05, 0) is 79.7 Å². The molecule has 7 nitrogen and oxygen atoms in total. The number of likely N-dealkylation sites (tertiary alicyclic amines) is 1. The number of carbonyl (C=O) groups excluding carboxylic acids is 2. The van der Waals surface area contributed by atoms with Gasteiger partial charge in [-0.3, -0.25) is 9.59 Å². The summed E-state index contributed by atoms with van der Waals surface area (Å²) in [6, 6.07) is 6.41. The van der Waals surface area contributed by atoms with Crippen LogP contribution in [-0.2, 0) is 38.3 Å². The zero-order valence-electron chi connectivity index (χ0n) is 25.0. The summed E-state index contributed by atoms with van der Waals surface area (Å²) in [5.74, 6) is -2.25. The number of nitrogens with zero attached hydrogens (tertiary/aromatic N) is 3. The highest BCUT2D eigenvalue weighted by atomic mass is 32.2. The van der Waals surface area contributed by atoms with E-state index in [0.29, 0.717) is 43.6 Å². The summed E-state index contributed by atoms with van der Waals surface area (Å²) in [5, 5.41) is 0. The first-order valence-corrected chi connectivity index (χ1v) is 16.6. The van der Waals surface area contributed by atoms with Gasteiger partial charge in [-0.1, -0.05) is 19.1 Å². The molecule has 14 heteroatoms. The van der Waals surface area contributed by atoms with E-state index in [1.165, 1.54) is 21.9 Å². The monoisotopic (exact) mass is 659 g/mol. The van der Waals surface area contributed by atoms with Crippen LogP contribution in [0.5, 0.6) is 0 Å². The Hall–Kier alpha value is -3.13. The number of halogens is 6. The molecule has 3 saturated heterocycles. The summed E-state index contributed by atoms with van der Waals surface area (Å²) in [6.45, 7) is 2.76. The maximum absolute atomic E-state index is 14.5. The van der Waals surface area contributed by atoms with Gasteiger partial charge in [0.25, 0.3) is 0 Å². The quantitative estimate of drug-likeness (QED) is 0.430. The van der Waals surface area contributed by atoms with Crippen LogP contribution in [0.3, 0.4) is 0 Å². The average Bonchev–Trinajstić information content (AvgIpc) is 2.94. The van der Waals surface area contributed by atoms with E-state index in [1.54, 1.807) is 12.1 Å². The zero-order valence-corrected chi connectivity index (χ0v) is 25.8. The van der Waals surface area contributed by atoms with E-state index >= 15 is 0 Å². The van der Waals surface area contributed by atoms with Gasteiger partial charge < -0.3 is 14.7 Å². The molecule has 246 valence electrons. The second-order valence-electron chi connectivity index (χ2n) is 12.7. The van der Waals surface area contributed by atoms with Gasteiger partial charge >= 0.3 is 12.4 Å². The van der Waals surface area contributed by atoms with Crippen molar-refractivity contribution in [2.45, 2.75) is 55.5 Å². The Morgan fingerprint density at radius 1 is 0.844 bits per heavy atom. The van der Waals surface area contributed by atoms with Crippen molar-refractivity contribution in [3.8, 4) is 0 Å². The van der Waals surface area contributed by atoms with Crippen molar-refractivity contribution in [2.75, 3.05) is 39.5 Å². The molecular weight excluding hydrogens is 624 g/mol. The molecule has 5 rings (SSSR count). The van der Waals surface area contributed by atoms with Crippen molar-refractivity contribution in [3.05, 3.63) is 64.7 Å². The highest BCUT2D eigenvalue weighted by Gasteiger charge is 2.54. The van der Waals surface area contributed by atoms with Crippen LogP contribution in [0.25, 0.3) is 0 Å². The number of rotatable bonds is 4. The predicted molar refractivity (Wildman–Crippen MR) is 153 cm³/mol. The first-order chi connectivity index (χ1) is 20.8. The first-order valence-electron chi connectivity index (χ1n) is 14.7. The number of piperidine rings is 2. The lowest BCUT2D eigenvalue weighted by atomic mass is 9.66. The number of amides is 2. The molecule has 3 aliphatic rings. The number of hydrogen-bond donors (Lipinski definition) is 0. The van der Waals surface area contributed by atoms with Crippen LogP contribution in [0.15, 0.2) is 47.4 Å². The van der Waals surface area contributed by atoms with Crippen molar-refractivity contribution in [1.29, 1.82) is 0 Å². The molecule has 3 aliphatic heterocycles. The lowest BCUT2D eigenvalue weighted by molar-refractivity contribution is -0.162. The molecule has 0 aliphatic carbocycles. The molecule has 2 amide bonds. The van der Waals surface area contributed by atoms with E-state index in [-0.39, 0.29) is 47.4 Å². The van der Waals surface area contributed by atoms with Gasteiger partial charge in [0.05, 0.1) is 21.9 Å². The Balaban J connectivity index is 1.60. The molecule has 45 heavy (non-hydrogen) atoms. The van der Waals surface area contributed by atoms with Crippen LogP contribution >= 0.6 is 0 Å². The number of alkyl halides is 6. The van der Waals surface area contributed by atoms with E-state index in [1.807, 2.05) is 18.9 Å². The summed E-state index contributed by atoms with van der Waals surface area (Å²) in [4.78, 5) is 33.4. The molecular formula is C31H35F6N3O4S. The van der Waals surface area contributed by atoms with Gasteiger partial charge in [0.1, 0.15) is 6.04 Å². The second kappa shape index (κ2) is 11.9. The van der Waals surface area contributed by atoms with Gasteiger partial charge in [-0.25, -0.2) is 8.42 Å². The third kappa shape index (κ3) is 6.86. The zero-order chi connectivity index (χ0) is 33.1. The largest absolute Gasteiger partial charge is 0.416 e. The molecule has 2 aromatic rings. The Bertz CT molecular complexity index is 1530. The van der Waals surface area contributed by atoms with Gasteiger partial charge in [-0.15, -0.1) is 0 Å². The smallest absolute Gasteiger partial charge is 0.336 e. The Morgan fingerprint density at radius 3 is 2.00 bits per heavy atom. The van der Waals surface area contributed by atoms with Crippen molar-refractivity contribution in [3.63, 3.8) is 0 Å². The molecule has 0 spiro atoms. The summed E-state index contributed by atoms with van der Waals surface area (Å²) < 4.78 is 106. The molecule has 5 atom stereocenters. The number of sulfone groups is 1. The van der Waals surface area contributed by atoms with Gasteiger partial charge in [0.2, 0.25) is 11.8 Å². The van der Waals surface area contributed by atoms with E-state index < -0.39 is 63.6 Å². The number of carbonyl (C=O) groups is 2. The van der Waals surface area contributed by atoms with Crippen LogP contribution < -0.4 is 0 Å². The normalized spacial score (nSPS) is 27.1. The first kappa shape index (κ1) is 33.2. The van der Waals surface area contributed by atoms with E-state index in [4.69, 9.17) is 0 Å². The lowest BCUT2D eigenvalue weighted by Gasteiger charge is -2.53. The van der Waals surface area contributed by atoms with Crippen LogP contribution in [0.1, 0.15) is 47.9 Å². The Labute approximate surface area is 258 Å². The molecule has 2 aromatic carbocycles. The molecule has 3 fully saturated rings. The second-order valence-corrected chi connectivity index (χ2v) is 14.7. The van der Waals surface area contributed by atoms with Crippen molar-refractivity contribution < 1.29 is 44.3 Å². The fourth-order valence-corrected chi connectivity index (χ4v) is 7.71. The maximum Gasteiger partial charge on any atom is 0.416 e.